The number of hydrogen-bond acceptors (Lipinski definition) is 7. The van der Waals surface area contributed by atoms with Crippen molar-refractivity contribution >= 4 is 23.4 Å². The number of nitrogens with two attached hydrogens (primary N) is 1. The molecule has 0 bridgehead atoms. The van der Waals surface area contributed by atoms with Gasteiger partial charge in [0.2, 0.25) is 17.7 Å². The molecule has 0 fully saturated rings. The van der Waals surface area contributed by atoms with Crippen molar-refractivity contribution in [2.45, 2.75) is 33.1 Å². The average Bonchev–Trinajstić information content (AvgIpc) is 2.40. The maximum Gasteiger partial charge on any atom is 0.332 e. The number of primary amides is 1. The van der Waals surface area contributed by atoms with Crippen molar-refractivity contribution in [3.63, 3.8) is 0 Å². The molecule has 0 saturated carbocycles. The van der Waals surface area contributed by atoms with Gasteiger partial charge in [0, 0.05) is 19.5 Å². The summed E-state index contributed by atoms with van der Waals surface area (Å²) in [4.78, 5) is 29.4. The number of anilines is 2. The Morgan fingerprint density at radius 2 is 2.05 bits per heavy atom. The minimum absolute atomic E-state index is 0.149. The van der Waals surface area contributed by atoms with Crippen molar-refractivity contribution in [3.05, 3.63) is 15.8 Å². The molecule has 1 heterocycles. The summed E-state index contributed by atoms with van der Waals surface area (Å²) in [7, 11) is 0. The first-order chi connectivity index (χ1) is 9.95. The second-order valence-electron chi connectivity index (χ2n) is 4.51. The highest BCUT2D eigenvalue weighted by Crippen LogP contribution is 2.26. The van der Waals surface area contributed by atoms with Gasteiger partial charge in [-0.25, -0.2) is 4.98 Å². The summed E-state index contributed by atoms with van der Waals surface area (Å²) in [6, 6.07) is 0. The van der Waals surface area contributed by atoms with Crippen LogP contribution in [0.3, 0.4) is 0 Å². The number of amides is 1. The van der Waals surface area contributed by atoms with Crippen LogP contribution in [0.2, 0.25) is 0 Å². The van der Waals surface area contributed by atoms with Gasteiger partial charge in [0.25, 0.3) is 0 Å². The standard InChI is InChI=1S/C12H20N6O3/c1-3-6-15-12-16-8(2)10(18(20)21)11(17-12)14-7-4-5-9(13)19/h3-7H2,1-2H3,(H2,13,19)(H2,14,15,16,17). The predicted molar refractivity (Wildman–Crippen MR) is 79.1 cm³/mol. The van der Waals surface area contributed by atoms with Gasteiger partial charge in [-0.1, -0.05) is 6.92 Å². The number of nitro groups is 1. The van der Waals surface area contributed by atoms with Gasteiger partial charge in [0.1, 0.15) is 5.69 Å². The van der Waals surface area contributed by atoms with E-state index in [1.807, 2.05) is 6.92 Å². The quantitative estimate of drug-likeness (QED) is 0.353. The van der Waals surface area contributed by atoms with Gasteiger partial charge in [-0.05, 0) is 19.8 Å². The molecule has 1 rings (SSSR count). The third-order valence-corrected chi connectivity index (χ3v) is 2.67. The molecular weight excluding hydrogens is 276 g/mol. The largest absolute Gasteiger partial charge is 0.370 e. The molecule has 9 nitrogen and oxygen atoms in total. The predicted octanol–water partition coefficient (Wildman–Crippen LogP) is 1.19. The van der Waals surface area contributed by atoms with Gasteiger partial charge in [-0.15, -0.1) is 0 Å². The molecule has 1 amide bonds. The van der Waals surface area contributed by atoms with Crippen LogP contribution in [0.1, 0.15) is 31.9 Å². The molecule has 1 aromatic heterocycles. The molecule has 0 aliphatic rings. The highest BCUT2D eigenvalue weighted by molar-refractivity contribution is 5.73. The Morgan fingerprint density at radius 1 is 1.33 bits per heavy atom. The van der Waals surface area contributed by atoms with Crippen LogP contribution in [0.5, 0.6) is 0 Å². The van der Waals surface area contributed by atoms with Crippen LogP contribution >= 0.6 is 0 Å². The first-order valence-electron chi connectivity index (χ1n) is 6.74. The zero-order valence-electron chi connectivity index (χ0n) is 12.2. The molecule has 0 aromatic carbocycles. The highest BCUT2D eigenvalue weighted by Gasteiger charge is 2.21. The minimum atomic E-state index is -0.519. The van der Waals surface area contributed by atoms with Crippen LogP contribution in [-0.4, -0.2) is 33.9 Å². The number of nitrogens with one attached hydrogen (secondary N) is 2. The lowest BCUT2D eigenvalue weighted by Gasteiger charge is -2.10. The fourth-order valence-electron chi connectivity index (χ4n) is 1.69. The Balaban J connectivity index is 2.88. The number of hydrogen-bond donors (Lipinski definition) is 3. The second kappa shape index (κ2) is 7.98. The maximum atomic E-state index is 11.1. The fourth-order valence-corrected chi connectivity index (χ4v) is 1.69. The molecule has 4 N–H and O–H groups in total. The Hall–Kier alpha value is -2.45. The topological polar surface area (TPSA) is 136 Å². The molecule has 0 atom stereocenters. The molecule has 0 aliphatic heterocycles. The molecule has 1 aromatic rings. The highest BCUT2D eigenvalue weighted by atomic mass is 16.6. The van der Waals surface area contributed by atoms with E-state index in [1.165, 1.54) is 0 Å². The van der Waals surface area contributed by atoms with Crippen LogP contribution in [0.4, 0.5) is 17.5 Å². The van der Waals surface area contributed by atoms with Crippen molar-refractivity contribution < 1.29 is 9.72 Å². The van der Waals surface area contributed by atoms with Gasteiger partial charge < -0.3 is 16.4 Å². The second-order valence-corrected chi connectivity index (χ2v) is 4.51. The lowest BCUT2D eigenvalue weighted by Crippen LogP contribution is -2.15. The summed E-state index contributed by atoms with van der Waals surface area (Å²) >= 11 is 0. The Bertz CT molecular complexity index is 520. The van der Waals surface area contributed by atoms with Crippen LogP contribution in [-0.2, 0) is 4.79 Å². The van der Waals surface area contributed by atoms with Gasteiger partial charge >= 0.3 is 5.69 Å². The van der Waals surface area contributed by atoms with E-state index < -0.39 is 10.8 Å². The summed E-state index contributed by atoms with van der Waals surface area (Å²) < 4.78 is 0. The average molecular weight is 296 g/mol. The minimum Gasteiger partial charge on any atom is -0.370 e. The Morgan fingerprint density at radius 3 is 2.62 bits per heavy atom. The van der Waals surface area contributed by atoms with Gasteiger partial charge in [0.05, 0.1) is 4.92 Å². The number of nitrogens with zero attached hydrogens (tertiary/aromatic N) is 3. The zero-order chi connectivity index (χ0) is 15.8. The third kappa shape index (κ3) is 5.21. The molecule has 0 spiro atoms. The SMILES string of the molecule is CCCNc1nc(C)c([N+](=O)[O-])c(NCCCC(N)=O)n1. The summed E-state index contributed by atoms with van der Waals surface area (Å²) in [6.45, 7) is 4.60. The van der Waals surface area contributed by atoms with Gasteiger partial charge in [0.15, 0.2) is 0 Å². The first kappa shape index (κ1) is 16.6. The fraction of sp³-hybridized carbons (Fsp3) is 0.583. The number of carbonyl (C=O) groups excluding carboxylic acids is 1. The Kier molecular flexibility index (Phi) is 6.31. The van der Waals surface area contributed by atoms with E-state index in [9.17, 15) is 14.9 Å². The van der Waals surface area contributed by atoms with E-state index in [4.69, 9.17) is 5.73 Å². The number of aromatic nitrogens is 2. The normalized spacial score (nSPS) is 10.2. The number of rotatable bonds is 9. The van der Waals surface area contributed by atoms with Gasteiger partial charge in [-0.3, -0.25) is 14.9 Å². The molecule has 0 unspecified atom stereocenters. The molecule has 9 heteroatoms. The number of carbonyl (C=O) groups is 1. The monoisotopic (exact) mass is 296 g/mol. The molecule has 0 radical (unpaired) electrons. The summed E-state index contributed by atoms with van der Waals surface area (Å²) in [5.41, 5.74) is 5.17. The lowest BCUT2D eigenvalue weighted by atomic mass is 10.3. The molecule has 0 saturated heterocycles. The first-order valence-corrected chi connectivity index (χ1v) is 6.74. The molecule has 0 aliphatic carbocycles. The molecule has 116 valence electrons. The Labute approximate surface area is 122 Å². The van der Waals surface area contributed by atoms with Crippen LogP contribution in [0, 0.1) is 17.0 Å². The van der Waals surface area contributed by atoms with E-state index in [-0.39, 0.29) is 23.6 Å². The summed E-state index contributed by atoms with van der Waals surface area (Å²) in [5.74, 6) is 0.0865. The van der Waals surface area contributed by atoms with E-state index in [2.05, 4.69) is 20.6 Å². The zero-order valence-corrected chi connectivity index (χ0v) is 12.2. The lowest BCUT2D eigenvalue weighted by molar-refractivity contribution is -0.385. The van der Waals surface area contributed by atoms with Crippen molar-refractivity contribution in [1.82, 2.24) is 9.97 Å². The smallest absolute Gasteiger partial charge is 0.332 e. The van der Waals surface area contributed by atoms with Crippen molar-refractivity contribution in [2.24, 2.45) is 5.73 Å². The summed E-state index contributed by atoms with van der Waals surface area (Å²) in [5, 5.41) is 17.0. The van der Waals surface area contributed by atoms with Crippen LogP contribution in [0.15, 0.2) is 0 Å². The van der Waals surface area contributed by atoms with E-state index >= 15 is 0 Å². The molecular formula is C12H20N6O3. The van der Waals surface area contributed by atoms with Crippen LogP contribution < -0.4 is 16.4 Å². The third-order valence-electron chi connectivity index (χ3n) is 2.67. The van der Waals surface area contributed by atoms with Crippen LogP contribution in [0.25, 0.3) is 0 Å². The summed E-state index contributed by atoms with van der Waals surface area (Å²) in [6.07, 6.45) is 1.58. The van der Waals surface area contributed by atoms with Crippen molar-refractivity contribution in [2.75, 3.05) is 23.7 Å². The maximum absolute atomic E-state index is 11.1. The van der Waals surface area contributed by atoms with E-state index in [0.717, 1.165) is 6.42 Å². The van der Waals surface area contributed by atoms with E-state index in [0.29, 0.717) is 25.5 Å². The van der Waals surface area contributed by atoms with E-state index in [1.54, 1.807) is 6.92 Å². The number of aryl methyl sites for hydroxylation is 1. The van der Waals surface area contributed by atoms with Crippen molar-refractivity contribution in [1.29, 1.82) is 0 Å². The van der Waals surface area contributed by atoms with Crippen molar-refractivity contribution in [3.8, 4) is 0 Å². The van der Waals surface area contributed by atoms with Gasteiger partial charge in [-0.2, -0.15) is 4.98 Å². The molecule has 21 heavy (non-hydrogen) atoms.